The first kappa shape index (κ1) is 14.0. The molecule has 0 spiro atoms. The van der Waals surface area contributed by atoms with Crippen molar-refractivity contribution in [3.63, 3.8) is 0 Å². The summed E-state index contributed by atoms with van der Waals surface area (Å²) in [7, 11) is 1.35. The number of ether oxygens (including phenoxy) is 2. The summed E-state index contributed by atoms with van der Waals surface area (Å²) in [4.78, 5) is 10.9. The van der Waals surface area contributed by atoms with Crippen LogP contribution in [0, 0.1) is 0 Å². The summed E-state index contributed by atoms with van der Waals surface area (Å²) < 4.78 is 10.0. The van der Waals surface area contributed by atoms with Gasteiger partial charge in [0.15, 0.2) is 0 Å². The zero-order chi connectivity index (χ0) is 13.4. The molecule has 0 heterocycles. The average Bonchev–Trinajstić information content (AvgIpc) is 2.37. The molecule has 1 rings (SSSR count). The first-order valence-corrected chi connectivity index (χ1v) is 5.74. The van der Waals surface area contributed by atoms with Gasteiger partial charge >= 0.3 is 5.97 Å². The number of hydrogen-bond acceptors (Lipinski definition) is 3. The lowest BCUT2D eigenvalue weighted by molar-refractivity contribution is -0.134. The summed E-state index contributed by atoms with van der Waals surface area (Å²) in [6, 6.07) is 7.51. The fraction of sp³-hybridized carbons (Fsp3) is 0.267. The van der Waals surface area contributed by atoms with Crippen LogP contribution >= 0.6 is 0 Å². The van der Waals surface area contributed by atoms with Gasteiger partial charge in [0.05, 0.1) is 7.11 Å². The number of rotatable bonds is 5. The van der Waals surface area contributed by atoms with Gasteiger partial charge in [0.2, 0.25) is 0 Å². The van der Waals surface area contributed by atoms with Crippen LogP contribution in [0.4, 0.5) is 0 Å². The van der Waals surface area contributed by atoms with Crippen LogP contribution in [0.2, 0.25) is 0 Å². The Balaban J connectivity index is 2.55. The van der Waals surface area contributed by atoms with Crippen molar-refractivity contribution in [2.75, 3.05) is 13.7 Å². The average molecular weight is 246 g/mol. The zero-order valence-corrected chi connectivity index (χ0v) is 11.0. The van der Waals surface area contributed by atoms with Crippen LogP contribution in [-0.2, 0) is 9.53 Å². The summed E-state index contributed by atoms with van der Waals surface area (Å²) in [5.41, 5.74) is 2.16. The van der Waals surface area contributed by atoms with E-state index in [1.165, 1.54) is 18.8 Å². The highest BCUT2D eigenvalue weighted by Crippen LogP contribution is 2.13. The molecule has 0 saturated heterocycles. The molecule has 0 radical (unpaired) electrons. The Labute approximate surface area is 108 Å². The first-order chi connectivity index (χ1) is 8.61. The third-order valence-electron chi connectivity index (χ3n) is 2.23. The molecule has 3 heteroatoms. The van der Waals surface area contributed by atoms with E-state index in [4.69, 9.17) is 4.74 Å². The fourth-order valence-corrected chi connectivity index (χ4v) is 1.21. The van der Waals surface area contributed by atoms with E-state index in [-0.39, 0.29) is 5.97 Å². The molecule has 0 atom stereocenters. The third kappa shape index (κ3) is 5.34. The van der Waals surface area contributed by atoms with Gasteiger partial charge in [-0.25, -0.2) is 4.79 Å². The Morgan fingerprint density at radius 3 is 2.44 bits per heavy atom. The quantitative estimate of drug-likeness (QED) is 0.454. The highest BCUT2D eigenvalue weighted by molar-refractivity contribution is 5.86. The Kier molecular flexibility index (Phi) is 5.71. The Hall–Kier alpha value is -2.03. The minimum atomic E-state index is -0.362. The van der Waals surface area contributed by atoms with E-state index >= 15 is 0 Å². The van der Waals surface area contributed by atoms with Crippen molar-refractivity contribution in [1.82, 2.24) is 0 Å². The van der Waals surface area contributed by atoms with Gasteiger partial charge in [-0.05, 0) is 43.7 Å². The third-order valence-corrected chi connectivity index (χ3v) is 2.23. The normalized spacial score (nSPS) is 10.2. The van der Waals surface area contributed by atoms with Crippen LogP contribution in [0.25, 0.3) is 6.08 Å². The van der Waals surface area contributed by atoms with E-state index in [0.717, 1.165) is 11.3 Å². The van der Waals surface area contributed by atoms with Crippen molar-refractivity contribution in [3.8, 4) is 5.75 Å². The lowest BCUT2D eigenvalue weighted by Gasteiger charge is -2.03. The van der Waals surface area contributed by atoms with Crippen molar-refractivity contribution in [3.05, 3.63) is 47.6 Å². The molecule has 96 valence electrons. The second-order valence-electron chi connectivity index (χ2n) is 4.02. The van der Waals surface area contributed by atoms with Gasteiger partial charge in [-0.2, -0.15) is 0 Å². The number of allylic oxidation sites excluding steroid dienone is 1. The Morgan fingerprint density at radius 1 is 1.22 bits per heavy atom. The van der Waals surface area contributed by atoms with E-state index in [0.29, 0.717) is 6.61 Å². The minimum absolute atomic E-state index is 0.362. The number of methoxy groups -OCH3 is 1. The van der Waals surface area contributed by atoms with Crippen LogP contribution in [0.1, 0.15) is 19.4 Å². The number of carbonyl (C=O) groups is 1. The highest BCUT2D eigenvalue weighted by atomic mass is 16.5. The molecule has 1 aromatic rings. The van der Waals surface area contributed by atoms with Gasteiger partial charge in [0.25, 0.3) is 0 Å². The molecule has 0 aromatic heterocycles. The maximum Gasteiger partial charge on any atom is 0.330 e. The van der Waals surface area contributed by atoms with Gasteiger partial charge in [-0.1, -0.05) is 17.7 Å². The Morgan fingerprint density at radius 2 is 1.89 bits per heavy atom. The summed E-state index contributed by atoms with van der Waals surface area (Å²) in [6.07, 6.45) is 5.11. The van der Waals surface area contributed by atoms with Crippen LogP contribution in [0.3, 0.4) is 0 Å². The largest absolute Gasteiger partial charge is 0.490 e. The zero-order valence-electron chi connectivity index (χ0n) is 11.0. The van der Waals surface area contributed by atoms with E-state index in [1.807, 2.05) is 44.2 Å². The predicted octanol–water partition coefficient (Wildman–Crippen LogP) is 3.22. The van der Waals surface area contributed by atoms with Crippen molar-refractivity contribution < 1.29 is 14.3 Å². The van der Waals surface area contributed by atoms with Crippen molar-refractivity contribution in [1.29, 1.82) is 0 Å². The predicted molar refractivity (Wildman–Crippen MR) is 72.4 cm³/mol. The summed E-state index contributed by atoms with van der Waals surface area (Å²) in [5.74, 6) is 0.446. The molecule has 1 aromatic carbocycles. The molecule has 0 N–H and O–H groups in total. The molecule has 0 aliphatic rings. The molecule has 0 unspecified atom stereocenters. The van der Waals surface area contributed by atoms with Crippen LogP contribution in [-0.4, -0.2) is 19.7 Å². The number of esters is 1. The summed E-state index contributed by atoms with van der Waals surface area (Å²) >= 11 is 0. The second-order valence-corrected chi connectivity index (χ2v) is 4.02. The maximum absolute atomic E-state index is 10.9. The fourth-order valence-electron chi connectivity index (χ4n) is 1.21. The molecule has 18 heavy (non-hydrogen) atoms. The molecular weight excluding hydrogens is 228 g/mol. The van der Waals surface area contributed by atoms with Gasteiger partial charge in [-0.3, -0.25) is 0 Å². The van der Waals surface area contributed by atoms with Gasteiger partial charge in [0, 0.05) is 6.08 Å². The number of hydrogen-bond donors (Lipinski definition) is 0. The van der Waals surface area contributed by atoms with Crippen LogP contribution < -0.4 is 4.74 Å². The van der Waals surface area contributed by atoms with Crippen molar-refractivity contribution >= 4 is 12.0 Å². The lowest BCUT2D eigenvalue weighted by atomic mass is 10.2. The van der Waals surface area contributed by atoms with Gasteiger partial charge in [-0.15, -0.1) is 0 Å². The Bertz CT molecular complexity index is 437. The second kappa shape index (κ2) is 7.33. The van der Waals surface area contributed by atoms with E-state index < -0.39 is 0 Å². The smallest absolute Gasteiger partial charge is 0.330 e. The van der Waals surface area contributed by atoms with Crippen molar-refractivity contribution in [2.45, 2.75) is 13.8 Å². The first-order valence-electron chi connectivity index (χ1n) is 5.74. The molecular formula is C15H18O3. The van der Waals surface area contributed by atoms with Crippen molar-refractivity contribution in [2.24, 2.45) is 0 Å². The van der Waals surface area contributed by atoms with Crippen LogP contribution in [0.5, 0.6) is 5.75 Å². The minimum Gasteiger partial charge on any atom is -0.490 e. The van der Waals surface area contributed by atoms with E-state index in [9.17, 15) is 4.79 Å². The monoisotopic (exact) mass is 246 g/mol. The molecule has 0 aliphatic carbocycles. The summed E-state index contributed by atoms with van der Waals surface area (Å²) in [6.45, 7) is 4.63. The number of carbonyl (C=O) groups excluding carboxylic acids is 1. The molecule has 0 fully saturated rings. The molecule has 0 bridgehead atoms. The standard InChI is InChI=1S/C15H18O3/c1-12(2)10-11-18-14-7-4-13(5-8-14)6-9-15(16)17-3/h4-10H,11H2,1-3H3. The molecule has 0 aliphatic heterocycles. The lowest BCUT2D eigenvalue weighted by Crippen LogP contribution is -1.94. The highest BCUT2D eigenvalue weighted by Gasteiger charge is 1.94. The molecule has 0 amide bonds. The van der Waals surface area contributed by atoms with Crippen LogP contribution in [0.15, 0.2) is 42.0 Å². The summed E-state index contributed by atoms with van der Waals surface area (Å²) in [5, 5.41) is 0. The SMILES string of the molecule is COC(=O)C=Cc1ccc(OCC=C(C)C)cc1. The maximum atomic E-state index is 10.9. The number of benzene rings is 1. The van der Waals surface area contributed by atoms with Gasteiger partial charge < -0.3 is 9.47 Å². The van der Waals surface area contributed by atoms with E-state index in [1.54, 1.807) is 6.08 Å². The van der Waals surface area contributed by atoms with Gasteiger partial charge in [0.1, 0.15) is 12.4 Å². The molecule has 0 saturated carbocycles. The topological polar surface area (TPSA) is 35.5 Å². The van der Waals surface area contributed by atoms with E-state index in [2.05, 4.69) is 4.74 Å². The molecule has 3 nitrogen and oxygen atoms in total.